The van der Waals surface area contributed by atoms with E-state index in [1.807, 2.05) is 5.32 Å². The van der Waals surface area contributed by atoms with Crippen LogP contribution in [0.15, 0.2) is 36.4 Å². The standard InChI is InChI=1S/C17H14ClF3N2O3/c18-10-1-3-11(4-2-10)26-8-7-14(24)22-9-15(25)23-13-6-5-12(19)16(20)17(13)21/h1-6H,7-9H2,(H,22,24)(H,23,25). The van der Waals surface area contributed by atoms with Crippen molar-refractivity contribution in [3.05, 3.63) is 58.9 Å². The summed E-state index contributed by atoms with van der Waals surface area (Å²) in [5.74, 6) is -5.29. The van der Waals surface area contributed by atoms with Gasteiger partial charge in [0.25, 0.3) is 0 Å². The van der Waals surface area contributed by atoms with Crippen LogP contribution in [0.1, 0.15) is 6.42 Å². The van der Waals surface area contributed by atoms with Crippen molar-refractivity contribution in [2.75, 3.05) is 18.5 Å². The van der Waals surface area contributed by atoms with Crippen molar-refractivity contribution in [2.24, 2.45) is 0 Å². The normalized spacial score (nSPS) is 10.3. The highest BCUT2D eigenvalue weighted by Gasteiger charge is 2.15. The summed E-state index contributed by atoms with van der Waals surface area (Å²) >= 11 is 5.73. The Morgan fingerprint density at radius 2 is 1.65 bits per heavy atom. The summed E-state index contributed by atoms with van der Waals surface area (Å²) < 4.78 is 44.6. The molecule has 0 bridgehead atoms. The number of ether oxygens (including phenoxy) is 1. The summed E-state index contributed by atoms with van der Waals surface area (Å²) in [4.78, 5) is 23.3. The molecule has 2 aromatic carbocycles. The minimum absolute atomic E-state index is 0.0184. The number of amides is 2. The molecule has 0 atom stereocenters. The molecule has 138 valence electrons. The number of benzene rings is 2. The van der Waals surface area contributed by atoms with Gasteiger partial charge in [0.15, 0.2) is 17.5 Å². The molecule has 0 saturated heterocycles. The summed E-state index contributed by atoms with van der Waals surface area (Å²) in [7, 11) is 0. The lowest BCUT2D eigenvalue weighted by Crippen LogP contribution is -2.33. The second-order valence-electron chi connectivity index (χ2n) is 5.10. The van der Waals surface area contributed by atoms with E-state index in [9.17, 15) is 22.8 Å². The van der Waals surface area contributed by atoms with Gasteiger partial charge < -0.3 is 15.4 Å². The first kappa shape index (κ1) is 19.6. The highest BCUT2D eigenvalue weighted by atomic mass is 35.5. The van der Waals surface area contributed by atoms with Crippen LogP contribution < -0.4 is 15.4 Å². The van der Waals surface area contributed by atoms with Crippen molar-refractivity contribution in [3.63, 3.8) is 0 Å². The Morgan fingerprint density at radius 1 is 0.962 bits per heavy atom. The topological polar surface area (TPSA) is 67.4 Å². The van der Waals surface area contributed by atoms with Crippen molar-refractivity contribution in [1.82, 2.24) is 5.32 Å². The highest BCUT2D eigenvalue weighted by Crippen LogP contribution is 2.19. The zero-order valence-corrected chi connectivity index (χ0v) is 14.1. The highest BCUT2D eigenvalue weighted by molar-refractivity contribution is 6.30. The molecule has 2 aromatic rings. The van der Waals surface area contributed by atoms with E-state index in [2.05, 4.69) is 5.32 Å². The maximum Gasteiger partial charge on any atom is 0.243 e. The molecule has 2 amide bonds. The first-order chi connectivity index (χ1) is 12.4. The molecular weight excluding hydrogens is 373 g/mol. The number of hydrogen-bond donors (Lipinski definition) is 2. The molecule has 0 fully saturated rings. The van der Waals surface area contributed by atoms with Crippen LogP contribution in [0, 0.1) is 17.5 Å². The molecule has 0 heterocycles. The van der Waals surface area contributed by atoms with Crippen LogP contribution in [0.3, 0.4) is 0 Å². The fraction of sp³-hybridized carbons (Fsp3) is 0.176. The lowest BCUT2D eigenvalue weighted by atomic mass is 10.2. The third-order valence-electron chi connectivity index (χ3n) is 3.17. The summed E-state index contributed by atoms with van der Waals surface area (Å²) in [6.45, 7) is -0.384. The number of carbonyl (C=O) groups is 2. The van der Waals surface area contributed by atoms with Crippen LogP contribution in [-0.4, -0.2) is 25.0 Å². The van der Waals surface area contributed by atoms with E-state index in [0.29, 0.717) is 16.8 Å². The van der Waals surface area contributed by atoms with E-state index >= 15 is 0 Å². The summed E-state index contributed by atoms with van der Waals surface area (Å²) in [5, 5.41) is 4.90. The van der Waals surface area contributed by atoms with E-state index in [1.54, 1.807) is 24.3 Å². The van der Waals surface area contributed by atoms with Gasteiger partial charge in [-0.05, 0) is 36.4 Å². The SMILES string of the molecule is O=C(CCOc1ccc(Cl)cc1)NCC(=O)Nc1ccc(F)c(F)c1F. The second kappa shape index (κ2) is 9.10. The van der Waals surface area contributed by atoms with Crippen LogP contribution in [0.4, 0.5) is 18.9 Å². The smallest absolute Gasteiger partial charge is 0.243 e. The van der Waals surface area contributed by atoms with Crippen molar-refractivity contribution < 1.29 is 27.5 Å². The van der Waals surface area contributed by atoms with Crippen molar-refractivity contribution in [2.45, 2.75) is 6.42 Å². The third kappa shape index (κ3) is 5.66. The average Bonchev–Trinajstić information content (AvgIpc) is 2.62. The number of halogens is 4. The Hall–Kier alpha value is -2.74. The van der Waals surface area contributed by atoms with Gasteiger partial charge in [0, 0.05) is 5.02 Å². The van der Waals surface area contributed by atoms with Crippen LogP contribution in [-0.2, 0) is 9.59 Å². The Kier molecular flexibility index (Phi) is 6.85. The van der Waals surface area contributed by atoms with Gasteiger partial charge in [-0.25, -0.2) is 13.2 Å². The molecule has 0 saturated carbocycles. The molecule has 0 aliphatic carbocycles. The zero-order chi connectivity index (χ0) is 19.1. The van der Waals surface area contributed by atoms with E-state index in [-0.39, 0.29) is 13.0 Å². The Bertz CT molecular complexity index is 801. The molecular formula is C17H14ClF3N2O3. The minimum Gasteiger partial charge on any atom is -0.493 e. The predicted octanol–water partition coefficient (Wildman–Crippen LogP) is 3.28. The maximum atomic E-state index is 13.4. The summed E-state index contributed by atoms with van der Waals surface area (Å²) in [6, 6.07) is 8.12. The maximum absolute atomic E-state index is 13.4. The number of carbonyl (C=O) groups excluding carboxylic acids is 2. The Balaban J connectivity index is 1.72. The summed E-state index contributed by atoms with van der Waals surface area (Å²) in [5.41, 5.74) is -0.519. The minimum atomic E-state index is -1.69. The van der Waals surface area contributed by atoms with Crippen LogP contribution in [0.2, 0.25) is 5.02 Å². The Morgan fingerprint density at radius 3 is 2.35 bits per heavy atom. The largest absolute Gasteiger partial charge is 0.493 e. The fourth-order valence-corrected chi connectivity index (χ4v) is 2.00. The molecule has 2 rings (SSSR count). The lowest BCUT2D eigenvalue weighted by molar-refractivity contribution is -0.124. The van der Waals surface area contributed by atoms with Gasteiger partial charge in [0.05, 0.1) is 25.3 Å². The molecule has 9 heteroatoms. The van der Waals surface area contributed by atoms with Gasteiger partial charge in [0.1, 0.15) is 5.75 Å². The molecule has 0 unspecified atom stereocenters. The molecule has 0 spiro atoms. The summed E-state index contributed by atoms with van der Waals surface area (Å²) in [6.07, 6.45) is -0.0184. The quantitative estimate of drug-likeness (QED) is 0.718. The van der Waals surface area contributed by atoms with Crippen LogP contribution in [0.5, 0.6) is 5.75 Å². The number of rotatable bonds is 7. The van der Waals surface area contributed by atoms with Crippen molar-refractivity contribution >= 4 is 29.1 Å². The monoisotopic (exact) mass is 386 g/mol. The van der Waals surface area contributed by atoms with E-state index in [4.69, 9.17) is 16.3 Å². The van der Waals surface area contributed by atoms with Gasteiger partial charge >= 0.3 is 0 Å². The average molecular weight is 387 g/mol. The van der Waals surface area contributed by atoms with Gasteiger partial charge in [-0.2, -0.15) is 0 Å². The van der Waals surface area contributed by atoms with E-state index < -0.39 is 41.5 Å². The van der Waals surface area contributed by atoms with Crippen molar-refractivity contribution in [1.29, 1.82) is 0 Å². The van der Waals surface area contributed by atoms with Crippen LogP contribution >= 0.6 is 11.6 Å². The molecule has 2 N–H and O–H groups in total. The molecule has 26 heavy (non-hydrogen) atoms. The van der Waals surface area contributed by atoms with Crippen molar-refractivity contribution in [3.8, 4) is 5.75 Å². The zero-order valence-electron chi connectivity index (χ0n) is 13.3. The van der Waals surface area contributed by atoms with Gasteiger partial charge in [-0.1, -0.05) is 11.6 Å². The first-order valence-electron chi connectivity index (χ1n) is 7.45. The fourth-order valence-electron chi connectivity index (χ4n) is 1.88. The first-order valence-corrected chi connectivity index (χ1v) is 7.83. The third-order valence-corrected chi connectivity index (χ3v) is 3.42. The Labute approximate surface area is 152 Å². The van der Waals surface area contributed by atoms with E-state index in [1.165, 1.54) is 0 Å². The molecule has 0 aliphatic rings. The number of nitrogens with one attached hydrogen (secondary N) is 2. The van der Waals surface area contributed by atoms with Crippen LogP contribution in [0.25, 0.3) is 0 Å². The molecule has 0 aliphatic heterocycles. The number of hydrogen-bond acceptors (Lipinski definition) is 3. The van der Waals surface area contributed by atoms with Gasteiger partial charge in [-0.3, -0.25) is 9.59 Å². The molecule has 0 aromatic heterocycles. The number of anilines is 1. The van der Waals surface area contributed by atoms with E-state index in [0.717, 1.165) is 6.07 Å². The lowest BCUT2D eigenvalue weighted by Gasteiger charge is -2.09. The molecule has 5 nitrogen and oxygen atoms in total. The van der Waals surface area contributed by atoms with Gasteiger partial charge in [0.2, 0.25) is 11.8 Å². The second-order valence-corrected chi connectivity index (χ2v) is 5.54. The molecule has 0 radical (unpaired) electrons. The van der Waals surface area contributed by atoms with Gasteiger partial charge in [-0.15, -0.1) is 0 Å². The predicted molar refractivity (Wildman–Crippen MR) is 89.5 cm³/mol.